The van der Waals surface area contributed by atoms with E-state index < -0.39 is 11.7 Å². The highest BCUT2D eigenvalue weighted by Crippen LogP contribution is 2.60. The van der Waals surface area contributed by atoms with Gasteiger partial charge in [-0.2, -0.15) is 0 Å². The molecule has 2 heterocycles. The summed E-state index contributed by atoms with van der Waals surface area (Å²) in [5, 5.41) is 3.38. The van der Waals surface area contributed by atoms with Crippen molar-refractivity contribution in [3.8, 4) is 11.1 Å². The van der Waals surface area contributed by atoms with Gasteiger partial charge in [-0.05, 0) is 30.5 Å². The summed E-state index contributed by atoms with van der Waals surface area (Å²) in [5.41, 5.74) is 8.27. The highest BCUT2D eigenvalue weighted by Gasteiger charge is 2.57. The zero-order valence-corrected chi connectivity index (χ0v) is 15.3. The molecular weight excluding hydrogens is 331 g/mol. The third kappa shape index (κ3) is 2.28. The van der Waals surface area contributed by atoms with Gasteiger partial charge in [-0.15, -0.1) is 0 Å². The van der Waals surface area contributed by atoms with Crippen LogP contribution >= 0.6 is 0 Å². The minimum Gasteiger partial charge on any atom is -0.398 e. The van der Waals surface area contributed by atoms with Crippen molar-refractivity contribution in [2.75, 3.05) is 31.7 Å². The standard InChI is InChI=1S/C20H23FN4O/c1-4-12-8-20(12)10-24-18-14(20)7-11(9-23-18)13-5-6-15(22)16(17(13)21)19(26)25(2)3/h5-7,9,12H,4,8,10,22H2,1-3H3,(H,23,24)/t12-,20-/m0/s1. The van der Waals surface area contributed by atoms with Crippen LogP contribution in [0.1, 0.15) is 35.7 Å². The Morgan fingerprint density at radius 1 is 1.46 bits per heavy atom. The van der Waals surface area contributed by atoms with E-state index in [0.717, 1.165) is 25.2 Å². The van der Waals surface area contributed by atoms with Crippen molar-refractivity contribution < 1.29 is 9.18 Å². The molecule has 2 atom stereocenters. The van der Waals surface area contributed by atoms with Crippen LogP contribution in [0, 0.1) is 11.7 Å². The van der Waals surface area contributed by atoms with E-state index in [2.05, 4.69) is 17.2 Å². The molecule has 0 bridgehead atoms. The number of fused-ring (bicyclic) bond motifs is 2. The first-order valence-corrected chi connectivity index (χ1v) is 8.93. The molecule has 1 saturated carbocycles. The molecule has 4 rings (SSSR count). The van der Waals surface area contributed by atoms with Crippen LogP contribution in [0.25, 0.3) is 11.1 Å². The molecule has 26 heavy (non-hydrogen) atoms. The van der Waals surface area contributed by atoms with Gasteiger partial charge >= 0.3 is 0 Å². The molecule has 2 aliphatic rings. The molecule has 0 radical (unpaired) electrons. The predicted molar refractivity (Wildman–Crippen MR) is 101 cm³/mol. The maximum absolute atomic E-state index is 15.2. The summed E-state index contributed by atoms with van der Waals surface area (Å²) in [5.74, 6) is 0.510. The zero-order valence-electron chi connectivity index (χ0n) is 15.3. The van der Waals surface area contributed by atoms with Crippen LogP contribution in [0.5, 0.6) is 0 Å². The number of nitrogens with zero attached hydrogens (tertiary/aromatic N) is 2. The molecule has 5 nitrogen and oxygen atoms in total. The van der Waals surface area contributed by atoms with Gasteiger partial charge in [0.05, 0.1) is 5.56 Å². The minimum absolute atomic E-state index is 0.0845. The van der Waals surface area contributed by atoms with Gasteiger partial charge in [-0.3, -0.25) is 4.79 Å². The summed E-state index contributed by atoms with van der Waals surface area (Å²) >= 11 is 0. The molecule has 2 aromatic rings. The largest absolute Gasteiger partial charge is 0.398 e. The molecule has 1 aromatic heterocycles. The summed E-state index contributed by atoms with van der Waals surface area (Å²) in [4.78, 5) is 18.2. The fourth-order valence-electron chi connectivity index (χ4n) is 4.19. The smallest absolute Gasteiger partial charge is 0.258 e. The number of nitrogen functional groups attached to an aromatic ring is 1. The lowest BCUT2D eigenvalue weighted by Crippen LogP contribution is -2.24. The molecule has 0 unspecified atom stereocenters. The molecule has 1 aromatic carbocycles. The maximum Gasteiger partial charge on any atom is 0.258 e. The highest BCUT2D eigenvalue weighted by molar-refractivity contribution is 6.00. The Morgan fingerprint density at radius 2 is 2.23 bits per heavy atom. The Kier molecular flexibility index (Phi) is 3.68. The van der Waals surface area contributed by atoms with Crippen LogP contribution in [0.15, 0.2) is 24.4 Å². The predicted octanol–water partition coefficient (Wildman–Crippen LogP) is 3.26. The summed E-state index contributed by atoms with van der Waals surface area (Å²) in [7, 11) is 3.16. The van der Waals surface area contributed by atoms with Gasteiger partial charge in [0.2, 0.25) is 0 Å². The maximum atomic E-state index is 15.2. The lowest BCUT2D eigenvalue weighted by molar-refractivity contribution is 0.0824. The van der Waals surface area contributed by atoms with Crippen LogP contribution in [0.3, 0.4) is 0 Å². The van der Waals surface area contributed by atoms with Crippen LogP contribution < -0.4 is 11.1 Å². The number of pyridine rings is 1. The van der Waals surface area contributed by atoms with Crippen molar-refractivity contribution in [3.05, 3.63) is 41.3 Å². The van der Waals surface area contributed by atoms with E-state index in [-0.39, 0.29) is 16.7 Å². The molecule has 1 aliphatic carbocycles. The second-order valence-electron chi connectivity index (χ2n) is 7.53. The summed E-state index contributed by atoms with van der Waals surface area (Å²) < 4.78 is 15.2. The average Bonchev–Trinajstić information content (AvgIpc) is 3.22. The summed E-state index contributed by atoms with van der Waals surface area (Å²) in [6, 6.07) is 5.23. The van der Waals surface area contributed by atoms with Gasteiger partial charge < -0.3 is 16.0 Å². The number of anilines is 2. The second kappa shape index (κ2) is 5.69. The van der Waals surface area contributed by atoms with Crippen molar-refractivity contribution in [2.45, 2.75) is 25.2 Å². The Hall–Kier alpha value is -2.63. The SMILES string of the molecule is CC[C@H]1C[C@]12CNc1ncc(-c3ccc(N)c(C(=O)N(C)C)c3F)cc12. The molecule has 1 fully saturated rings. The number of hydrogen-bond acceptors (Lipinski definition) is 4. The number of aromatic nitrogens is 1. The van der Waals surface area contributed by atoms with Gasteiger partial charge in [-0.25, -0.2) is 9.37 Å². The van der Waals surface area contributed by atoms with E-state index in [1.165, 1.54) is 10.5 Å². The van der Waals surface area contributed by atoms with Gasteiger partial charge in [0.25, 0.3) is 5.91 Å². The van der Waals surface area contributed by atoms with Crippen molar-refractivity contribution in [2.24, 2.45) is 5.92 Å². The van der Waals surface area contributed by atoms with Gasteiger partial charge in [0.15, 0.2) is 0 Å². The number of carbonyl (C=O) groups excluding carboxylic acids is 1. The minimum atomic E-state index is -0.590. The summed E-state index contributed by atoms with van der Waals surface area (Å²) in [6.07, 6.45) is 3.93. The third-order valence-electron chi connectivity index (χ3n) is 5.83. The van der Waals surface area contributed by atoms with E-state index in [4.69, 9.17) is 5.73 Å². The van der Waals surface area contributed by atoms with Crippen molar-refractivity contribution in [3.63, 3.8) is 0 Å². The number of carbonyl (C=O) groups is 1. The molecule has 136 valence electrons. The van der Waals surface area contributed by atoms with E-state index in [9.17, 15) is 4.79 Å². The van der Waals surface area contributed by atoms with Crippen molar-refractivity contribution in [1.82, 2.24) is 9.88 Å². The topological polar surface area (TPSA) is 71.2 Å². The zero-order chi connectivity index (χ0) is 18.6. The Balaban J connectivity index is 1.81. The second-order valence-corrected chi connectivity index (χ2v) is 7.53. The number of halogens is 1. The van der Waals surface area contributed by atoms with Gasteiger partial charge in [-0.1, -0.05) is 13.3 Å². The Morgan fingerprint density at radius 3 is 2.88 bits per heavy atom. The first kappa shape index (κ1) is 16.8. The number of hydrogen-bond donors (Lipinski definition) is 2. The normalized spacial score (nSPS) is 22.8. The fraction of sp³-hybridized carbons (Fsp3) is 0.400. The first-order chi connectivity index (χ1) is 12.4. The fourth-order valence-corrected chi connectivity index (χ4v) is 4.19. The quantitative estimate of drug-likeness (QED) is 0.830. The number of benzene rings is 1. The third-order valence-corrected chi connectivity index (χ3v) is 5.83. The van der Waals surface area contributed by atoms with Crippen LogP contribution in [0.2, 0.25) is 0 Å². The molecule has 0 saturated heterocycles. The molecular formula is C20H23FN4O. The van der Waals surface area contributed by atoms with Crippen LogP contribution in [-0.2, 0) is 5.41 Å². The average molecular weight is 354 g/mol. The number of rotatable bonds is 3. The van der Waals surface area contributed by atoms with E-state index in [1.807, 2.05) is 6.07 Å². The summed E-state index contributed by atoms with van der Waals surface area (Å²) in [6.45, 7) is 3.10. The molecule has 3 N–H and O–H groups in total. The molecule has 6 heteroatoms. The first-order valence-electron chi connectivity index (χ1n) is 8.93. The van der Waals surface area contributed by atoms with E-state index >= 15 is 4.39 Å². The lowest BCUT2D eigenvalue weighted by atomic mass is 9.93. The molecule has 1 amide bonds. The van der Waals surface area contributed by atoms with Crippen LogP contribution in [0.4, 0.5) is 15.9 Å². The number of amides is 1. The van der Waals surface area contributed by atoms with Crippen LogP contribution in [-0.4, -0.2) is 36.4 Å². The Labute approximate surface area is 152 Å². The monoisotopic (exact) mass is 354 g/mol. The van der Waals surface area contributed by atoms with Gasteiger partial charge in [0, 0.05) is 54.6 Å². The molecule has 1 spiro atoms. The van der Waals surface area contributed by atoms with Crippen molar-refractivity contribution in [1.29, 1.82) is 0 Å². The Bertz CT molecular complexity index is 911. The number of nitrogens with one attached hydrogen (secondary N) is 1. The number of nitrogens with two attached hydrogens (primary N) is 1. The van der Waals surface area contributed by atoms with E-state index in [0.29, 0.717) is 17.0 Å². The van der Waals surface area contributed by atoms with Gasteiger partial charge in [0.1, 0.15) is 11.6 Å². The van der Waals surface area contributed by atoms with Crippen molar-refractivity contribution >= 4 is 17.4 Å². The highest BCUT2D eigenvalue weighted by atomic mass is 19.1. The van der Waals surface area contributed by atoms with E-state index in [1.54, 1.807) is 32.4 Å². The molecule has 1 aliphatic heterocycles. The lowest BCUT2D eigenvalue weighted by Gasteiger charge is -2.16.